The van der Waals surface area contributed by atoms with E-state index in [9.17, 15) is 4.79 Å². The van der Waals surface area contributed by atoms with Gasteiger partial charge in [0.15, 0.2) is 5.76 Å². The summed E-state index contributed by atoms with van der Waals surface area (Å²) in [5.74, 6) is 0.117. The van der Waals surface area contributed by atoms with Crippen LogP contribution >= 0.6 is 11.3 Å². The van der Waals surface area contributed by atoms with Gasteiger partial charge in [-0.15, -0.1) is 11.3 Å². The number of carbonyl (C=O) groups excluding carboxylic acids is 1. The largest absolute Gasteiger partial charge is 0.451 e. The summed E-state index contributed by atoms with van der Waals surface area (Å²) in [6, 6.07) is 13.4. The minimum Gasteiger partial charge on any atom is -0.451 e. The topological polar surface area (TPSA) is 55.1 Å². The van der Waals surface area contributed by atoms with E-state index in [-0.39, 0.29) is 5.91 Å². The molecule has 114 valence electrons. The lowest BCUT2D eigenvalue weighted by Crippen LogP contribution is -2.11. The number of fused-ring (bicyclic) bond motifs is 2. The predicted octanol–water partition coefficient (Wildman–Crippen LogP) is 4.91. The lowest BCUT2D eigenvalue weighted by Gasteiger charge is -2.03. The first-order valence-corrected chi connectivity index (χ1v) is 8.10. The predicted molar refractivity (Wildman–Crippen MR) is 93.3 cm³/mol. The van der Waals surface area contributed by atoms with Crippen LogP contribution in [0.25, 0.3) is 21.2 Å². The summed E-state index contributed by atoms with van der Waals surface area (Å²) in [4.78, 5) is 17.0. The molecule has 4 rings (SSSR count). The zero-order valence-electron chi connectivity index (χ0n) is 12.7. The van der Waals surface area contributed by atoms with Crippen molar-refractivity contribution in [1.29, 1.82) is 0 Å². The van der Waals surface area contributed by atoms with E-state index in [4.69, 9.17) is 4.42 Å². The van der Waals surface area contributed by atoms with E-state index in [0.717, 1.165) is 37.4 Å². The van der Waals surface area contributed by atoms with Crippen LogP contribution in [0.5, 0.6) is 0 Å². The molecule has 2 aromatic heterocycles. The van der Waals surface area contributed by atoms with Crippen molar-refractivity contribution in [2.45, 2.75) is 13.8 Å². The summed E-state index contributed by atoms with van der Waals surface area (Å²) in [6.07, 6.45) is 0. The quantitative estimate of drug-likeness (QED) is 0.570. The summed E-state index contributed by atoms with van der Waals surface area (Å²) in [5.41, 5.74) is 3.27. The van der Waals surface area contributed by atoms with Crippen molar-refractivity contribution >= 4 is 44.1 Å². The number of hydrogen-bond donors (Lipinski definition) is 1. The van der Waals surface area contributed by atoms with Crippen LogP contribution in [0.1, 0.15) is 21.1 Å². The zero-order valence-corrected chi connectivity index (χ0v) is 13.5. The average Bonchev–Trinajstić information content (AvgIpc) is 3.07. The third kappa shape index (κ3) is 2.39. The molecule has 0 radical (unpaired) electrons. The molecule has 0 spiro atoms. The van der Waals surface area contributed by atoms with Crippen LogP contribution in [0.4, 0.5) is 5.69 Å². The van der Waals surface area contributed by atoms with Gasteiger partial charge in [-0.2, -0.15) is 0 Å². The maximum absolute atomic E-state index is 12.5. The summed E-state index contributed by atoms with van der Waals surface area (Å²) in [6.45, 7) is 3.87. The highest BCUT2D eigenvalue weighted by Crippen LogP contribution is 2.27. The minimum atomic E-state index is -0.237. The van der Waals surface area contributed by atoms with Gasteiger partial charge < -0.3 is 9.73 Å². The van der Waals surface area contributed by atoms with Crippen molar-refractivity contribution in [3.8, 4) is 0 Å². The lowest BCUT2D eigenvalue weighted by molar-refractivity contribution is 0.0998. The number of anilines is 1. The van der Waals surface area contributed by atoms with E-state index in [2.05, 4.69) is 10.3 Å². The van der Waals surface area contributed by atoms with E-state index in [0.29, 0.717) is 5.76 Å². The third-order valence-electron chi connectivity index (χ3n) is 3.80. The van der Waals surface area contributed by atoms with Crippen LogP contribution < -0.4 is 5.32 Å². The minimum absolute atomic E-state index is 0.237. The molecule has 0 bridgehead atoms. The second-order valence-electron chi connectivity index (χ2n) is 5.42. The molecule has 2 heterocycles. The molecule has 5 heteroatoms. The molecule has 4 aromatic rings. The maximum atomic E-state index is 12.5. The van der Waals surface area contributed by atoms with Crippen molar-refractivity contribution in [1.82, 2.24) is 4.98 Å². The first kappa shape index (κ1) is 14.0. The second kappa shape index (κ2) is 5.21. The Hall–Kier alpha value is -2.66. The number of nitrogens with one attached hydrogen (secondary N) is 1. The molecule has 0 atom stereocenters. The monoisotopic (exact) mass is 322 g/mol. The fraction of sp³-hybridized carbons (Fsp3) is 0.111. The number of thiazole rings is 1. The van der Waals surface area contributed by atoms with E-state index in [1.165, 1.54) is 0 Å². The molecule has 0 fully saturated rings. The van der Waals surface area contributed by atoms with Crippen LogP contribution in [-0.4, -0.2) is 10.9 Å². The standard InChI is InChI=1S/C18H14N2O2S/c1-10-13-5-3-4-6-15(13)22-17(10)18(21)20-12-7-8-14-16(9-12)23-11(2)19-14/h3-9H,1-2H3,(H,20,21). The Kier molecular flexibility index (Phi) is 3.16. The highest BCUT2D eigenvalue weighted by atomic mass is 32.1. The van der Waals surface area contributed by atoms with Gasteiger partial charge in [0.25, 0.3) is 5.91 Å². The van der Waals surface area contributed by atoms with Gasteiger partial charge in [-0.05, 0) is 38.1 Å². The van der Waals surface area contributed by atoms with Crippen molar-refractivity contribution in [2.24, 2.45) is 0 Å². The molecule has 2 aromatic carbocycles. The van der Waals surface area contributed by atoms with E-state index in [1.54, 1.807) is 11.3 Å². The summed E-state index contributed by atoms with van der Waals surface area (Å²) < 4.78 is 6.76. The summed E-state index contributed by atoms with van der Waals surface area (Å²) in [5, 5.41) is 4.88. The molecular formula is C18H14N2O2S. The number of rotatable bonds is 2. The summed E-state index contributed by atoms with van der Waals surface area (Å²) >= 11 is 1.61. The lowest BCUT2D eigenvalue weighted by atomic mass is 10.1. The van der Waals surface area contributed by atoms with Gasteiger partial charge in [-0.25, -0.2) is 4.98 Å². The Morgan fingerprint density at radius 3 is 2.83 bits per heavy atom. The van der Waals surface area contributed by atoms with Crippen molar-refractivity contribution < 1.29 is 9.21 Å². The van der Waals surface area contributed by atoms with E-state index in [1.807, 2.05) is 56.3 Å². The highest BCUT2D eigenvalue weighted by Gasteiger charge is 2.17. The number of carbonyl (C=O) groups is 1. The van der Waals surface area contributed by atoms with Gasteiger partial charge in [0, 0.05) is 16.6 Å². The van der Waals surface area contributed by atoms with Crippen LogP contribution in [0.15, 0.2) is 46.9 Å². The van der Waals surface area contributed by atoms with Gasteiger partial charge in [0.05, 0.1) is 15.2 Å². The number of furan rings is 1. The molecule has 1 N–H and O–H groups in total. The van der Waals surface area contributed by atoms with Gasteiger partial charge in [0.2, 0.25) is 0 Å². The van der Waals surface area contributed by atoms with Crippen molar-refractivity contribution in [3.63, 3.8) is 0 Å². The van der Waals surface area contributed by atoms with Crippen LogP contribution in [-0.2, 0) is 0 Å². The molecular weight excluding hydrogens is 308 g/mol. The number of amides is 1. The summed E-state index contributed by atoms with van der Waals surface area (Å²) in [7, 11) is 0. The Labute approximate surface area is 136 Å². The van der Waals surface area contributed by atoms with E-state index < -0.39 is 0 Å². The molecule has 0 saturated carbocycles. The van der Waals surface area contributed by atoms with Gasteiger partial charge in [-0.3, -0.25) is 4.79 Å². The highest BCUT2D eigenvalue weighted by molar-refractivity contribution is 7.18. The Morgan fingerprint density at radius 1 is 1.17 bits per heavy atom. The van der Waals surface area contributed by atoms with Crippen LogP contribution in [0.3, 0.4) is 0 Å². The molecule has 0 saturated heterocycles. The second-order valence-corrected chi connectivity index (χ2v) is 6.66. The Bertz CT molecular complexity index is 1050. The Balaban J connectivity index is 1.68. The van der Waals surface area contributed by atoms with Gasteiger partial charge in [-0.1, -0.05) is 18.2 Å². The molecule has 23 heavy (non-hydrogen) atoms. The molecule has 0 aliphatic rings. The molecule has 0 aliphatic carbocycles. The molecule has 0 aliphatic heterocycles. The maximum Gasteiger partial charge on any atom is 0.291 e. The SMILES string of the molecule is Cc1nc2ccc(NC(=O)c3oc4ccccc4c3C)cc2s1. The van der Waals surface area contributed by atoms with Crippen LogP contribution in [0.2, 0.25) is 0 Å². The van der Waals surface area contributed by atoms with E-state index >= 15 is 0 Å². The van der Waals surface area contributed by atoms with Crippen LogP contribution in [0, 0.1) is 13.8 Å². The molecule has 4 nitrogen and oxygen atoms in total. The van der Waals surface area contributed by atoms with Crippen molar-refractivity contribution in [2.75, 3.05) is 5.32 Å². The first-order chi connectivity index (χ1) is 11.1. The fourth-order valence-electron chi connectivity index (χ4n) is 2.70. The number of hydrogen-bond acceptors (Lipinski definition) is 4. The first-order valence-electron chi connectivity index (χ1n) is 7.28. The number of aryl methyl sites for hydroxylation is 2. The van der Waals surface area contributed by atoms with Gasteiger partial charge >= 0.3 is 0 Å². The average molecular weight is 322 g/mol. The number of para-hydroxylation sites is 1. The number of nitrogens with zero attached hydrogens (tertiary/aromatic N) is 1. The Morgan fingerprint density at radius 2 is 2.00 bits per heavy atom. The number of benzene rings is 2. The third-order valence-corrected chi connectivity index (χ3v) is 4.74. The molecule has 1 amide bonds. The smallest absolute Gasteiger partial charge is 0.291 e. The van der Waals surface area contributed by atoms with Crippen molar-refractivity contribution in [3.05, 3.63) is 58.8 Å². The van der Waals surface area contributed by atoms with Gasteiger partial charge in [0.1, 0.15) is 5.58 Å². The number of aromatic nitrogens is 1. The normalized spacial score (nSPS) is 11.2. The fourth-order valence-corrected chi connectivity index (χ4v) is 3.56. The zero-order chi connectivity index (χ0) is 16.0. The molecule has 0 unspecified atom stereocenters.